The van der Waals surface area contributed by atoms with Crippen LogP contribution in [-0.4, -0.2) is 45.9 Å². The molecular weight excluding hydrogens is 304 g/mol. The number of carbonyl (C=O) groups excluding carboxylic acids is 1. The van der Waals surface area contributed by atoms with E-state index >= 15 is 0 Å². The number of piperidine rings is 1. The fourth-order valence-electron chi connectivity index (χ4n) is 2.41. The molecule has 22 heavy (non-hydrogen) atoms. The number of likely N-dealkylation sites (tertiary alicyclic amines) is 1. The maximum Gasteiger partial charge on any atom is 0.410 e. The summed E-state index contributed by atoms with van der Waals surface area (Å²) >= 11 is 5.72. The summed E-state index contributed by atoms with van der Waals surface area (Å²) in [5.41, 5.74) is -0.478. The van der Waals surface area contributed by atoms with Crippen LogP contribution < -0.4 is 5.32 Å². The Kier molecular flexibility index (Phi) is 5.45. The third-order valence-corrected chi connectivity index (χ3v) is 3.61. The lowest BCUT2D eigenvalue weighted by Crippen LogP contribution is -2.48. The van der Waals surface area contributed by atoms with Crippen molar-refractivity contribution in [2.75, 3.05) is 18.4 Å². The van der Waals surface area contributed by atoms with E-state index in [1.807, 2.05) is 25.7 Å². The molecule has 1 aromatic heterocycles. The Morgan fingerprint density at radius 2 is 2.18 bits per heavy atom. The molecule has 2 heterocycles. The largest absolute Gasteiger partial charge is 0.444 e. The quantitative estimate of drug-likeness (QED) is 0.922. The minimum atomic E-state index is -0.478. The lowest BCUT2D eigenvalue weighted by Gasteiger charge is -2.36. The maximum absolute atomic E-state index is 12.3. The Hall–Kier alpha value is -1.56. The van der Waals surface area contributed by atoms with Crippen LogP contribution in [0.2, 0.25) is 5.15 Å². The third kappa shape index (κ3) is 5.02. The van der Waals surface area contributed by atoms with Crippen molar-refractivity contribution in [2.45, 2.75) is 51.7 Å². The molecule has 6 nitrogen and oxygen atoms in total. The molecule has 0 radical (unpaired) electrons. The number of aromatic nitrogens is 2. The minimum Gasteiger partial charge on any atom is -0.444 e. The third-order valence-electron chi connectivity index (χ3n) is 3.41. The zero-order chi connectivity index (χ0) is 16.2. The summed E-state index contributed by atoms with van der Waals surface area (Å²) in [5.74, 6) is 0.652. The Balaban J connectivity index is 1.94. The molecule has 122 valence electrons. The zero-order valence-electron chi connectivity index (χ0n) is 13.3. The molecular formula is C15H23ClN4O2. The summed E-state index contributed by atoms with van der Waals surface area (Å²) in [6, 6.07) is 3.56. The Morgan fingerprint density at radius 1 is 1.41 bits per heavy atom. The van der Waals surface area contributed by atoms with Crippen LogP contribution in [0.4, 0.5) is 10.6 Å². The van der Waals surface area contributed by atoms with Crippen molar-refractivity contribution < 1.29 is 9.53 Å². The normalized spacial score (nSPS) is 18.9. The second-order valence-electron chi connectivity index (χ2n) is 6.45. The second kappa shape index (κ2) is 7.13. The van der Waals surface area contributed by atoms with Crippen molar-refractivity contribution in [3.8, 4) is 0 Å². The fraction of sp³-hybridized carbons (Fsp3) is 0.667. The monoisotopic (exact) mass is 326 g/mol. The van der Waals surface area contributed by atoms with Crippen molar-refractivity contribution in [2.24, 2.45) is 0 Å². The first kappa shape index (κ1) is 16.8. The van der Waals surface area contributed by atoms with Crippen LogP contribution in [0.5, 0.6) is 0 Å². The molecule has 1 aromatic rings. The maximum atomic E-state index is 12.3. The highest BCUT2D eigenvalue weighted by molar-refractivity contribution is 6.29. The number of nitrogens with zero attached hydrogens (tertiary/aromatic N) is 3. The molecule has 0 spiro atoms. The van der Waals surface area contributed by atoms with E-state index in [0.29, 0.717) is 17.5 Å². The summed E-state index contributed by atoms with van der Waals surface area (Å²) in [5, 5.41) is 11.3. The number of hydrogen-bond donors (Lipinski definition) is 1. The van der Waals surface area contributed by atoms with Crippen molar-refractivity contribution >= 4 is 23.5 Å². The SMILES string of the molecule is CC(C)(C)OC(=O)N1CCCC[C@@H]1CNc1ccc(Cl)nn1. The number of ether oxygens (including phenoxy) is 1. The molecule has 0 saturated carbocycles. The van der Waals surface area contributed by atoms with Gasteiger partial charge < -0.3 is 15.0 Å². The van der Waals surface area contributed by atoms with Crippen molar-refractivity contribution in [3.63, 3.8) is 0 Å². The van der Waals surface area contributed by atoms with Crippen molar-refractivity contribution in [3.05, 3.63) is 17.3 Å². The van der Waals surface area contributed by atoms with E-state index in [9.17, 15) is 4.79 Å². The fourth-order valence-corrected chi connectivity index (χ4v) is 2.51. The summed E-state index contributed by atoms with van der Waals surface area (Å²) in [7, 11) is 0. The van der Waals surface area contributed by atoms with E-state index in [2.05, 4.69) is 15.5 Å². The van der Waals surface area contributed by atoms with E-state index in [0.717, 1.165) is 25.8 Å². The number of carbonyl (C=O) groups is 1. The van der Waals surface area contributed by atoms with Crippen LogP contribution in [0.25, 0.3) is 0 Å². The molecule has 1 fully saturated rings. The Morgan fingerprint density at radius 3 is 2.82 bits per heavy atom. The second-order valence-corrected chi connectivity index (χ2v) is 6.83. The van der Waals surface area contributed by atoms with Gasteiger partial charge in [0.2, 0.25) is 0 Å². The van der Waals surface area contributed by atoms with Gasteiger partial charge in [-0.1, -0.05) is 11.6 Å². The Bertz CT molecular complexity index is 501. The molecule has 0 aliphatic carbocycles. The topological polar surface area (TPSA) is 67.3 Å². The molecule has 1 saturated heterocycles. The van der Waals surface area contributed by atoms with Gasteiger partial charge in [0.1, 0.15) is 11.4 Å². The van der Waals surface area contributed by atoms with Gasteiger partial charge in [-0.2, -0.15) is 0 Å². The van der Waals surface area contributed by atoms with Crippen LogP contribution in [0.3, 0.4) is 0 Å². The van der Waals surface area contributed by atoms with Gasteiger partial charge in [-0.15, -0.1) is 10.2 Å². The number of halogens is 1. The predicted octanol–water partition coefficient (Wildman–Crippen LogP) is 3.33. The highest BCUT2D eigenvalue weighted by atomic mass is 35.5. The van der Waals surface area contributed by atoms with E-state index in [-0.39, 0.29) is 12.1 Å². The lowest BCUT2D eigenvalue weighted by atomic mass is 10.0. The van der Waals surface area contributed by atoms with Crippen LogP contribution in [0.1, 0.15) is 40.0 Å². The van der Waals surface area contributed by atoms with Gasteiger partial charge in [0.05, 0.1) is 6.04 Å². The van der Waals surface area contributed by atoms with Crippen LogP contribution in [0, 0.1) is 0 Å². The molecule has 0 bridgehead atoms. The highest BCUT2D eigenvalue weighted by Gasteiger charge is 2.30. The molecule has 1 N–H and O–H groups in total. The van der Waals surface area contributed by atoms with Gasteiger partial charge in [-0.25, -0.2) is 4.79 Å². The first-order valence-corrected chi connectivity index (χ1v) is 7.96. The number of anilines is 1. The van der Waals surface area contributed by atoms with E-state index < -0.39 is 5.60 Å². The average Bonchev–Trinajstić information content (AvgIpc) is 2.45. The van der Waals surface area contributed by atoms with Crippen LogP contribution in [-0.2, 0) is 4.74 Å². The van der Waals surface area contributed by atoms with E-state index in [4.69, 9.17) is 16.3 Å². The van der Waals surface area contributed by atoms with Gasteiger partial charge in [0.25, 0.3) is 0 Å². The molecule has 1 aliphatic rings. The number of rotatable bonds is 3. The van der Waals surface area contributed by atoms with Crippen molar-refractivity contribution in [1.29, 1.82) is 0 Å². The first-order valence-electron chi connectivity index (χ1n) is 7.58. The van der Waals surface area contributed by atoms with E-state index in [1.165, 1.54) is 0 Å². The number of amides is 1. The number of hydrogen-bond acceptors (Lipinski definition) is 5. The van der Waals surface area contributed by atoms with Gasteiger partial charge in [0, 0.05) is 13.1 Å². The molecule has 1 amide bonds. The Labute approximate surface area is 136 Å². The van der Waals surface area contributed by atoms with E-state index in [1.54, 1.807) is 12.1 Å². The predicted molar refractivity (Wildman–Crippen MR) is 86.1 cm³/mol. The van der Waals surface area contributed by atoms with Crippen molar-refractivity contribution in [1.82, 2.24) is 15.1 Å². The van der Waals surface area contributed by atoms with Crippen LogP contribution in [0.15, 0.2) is 12.1 Å². The standard InChI is InChI=1S/C15H23ClN4O2/c1-15(2,3)22-14(21)20-9-5-4-6-11(20)10-17-13-8-7-12(16)18-19-13/h7-8,11H,4-6,9-10H2,1-3H3,(H,17,19)/t11-/m1/s1. The first-order chi connectivity index (χ1) is 10.3. The lowest BCUT2D eigenvalue weighted by molar-refractivity contribution is 0.0114. The van der Waals surface area contributed by atoms with Gasteiger partial charge in [0.15, 0.2) is 5.15 Å². The van der Waals surface area contributed by atoms with Gasteiger partial charge >= 0.3 is 6.09 Å². The van der Waals surface area contributed by atoms with Gasteiger partial charge in [-0.05, 0) is 52.2 Å². The molecule has 1 atom stereocenters. The highest BCUT2D eigenvalue weighted by Crippen LogP contribution is 2.21. The zero-order valence-corrected chi connectivity index (χ0v) is 14.1. The molecule has 0 aromatic carbocycles. The average molecular weight is 327 g/mol. The smallest absolute Gasteiger partial charge is 0.410 e. The minimum absolute atomic E-state index is 0.0982. The number of nitrogens with one attached hydrogen (secondary N) is 1. The molecule has 7 heteroatoms. The summed E-state index contributed by atoms with van der Waals surface area (Å²) in [6.45, 7) is 6.99. The van der Waals surface area contributed by atoms with Gasteiger partial charge in [-0.3, -0.25) is 0 Å². The summed E-state index contributed by atoms with van der Waals surface area (Å²) in [6.07, 6.45) is 2.82. The summed E-state index contributed by atoms with van der Waals surface area (Å²) in [4.78, 5) is 14.1. The molecule has 2 rings (SSSR count). The summed E-state index contributed by atoms with van der Waals surface area (Å²) < 4.78 is 5.49. The molecule has 1 aliphatic heterocycles. The van der Waals surface area contributed by atoms with Crippen LogP contribution >= 0.6 is 11.6 Å². The molecule has 0 unspecified atom stereocenters.